The van der Waals surface area contributed by atoms with Crippen molar-refractivity contribution in [2.45, 2.75) is 91.9 Å². The zero-order valence-corrected chi connectivity index (χ0v) is 33.3. The van der Waals surface area contributed by atoms with Crippen LogP contribution in [0.2, 0.25) is 0 Å². The predicted octanol–water partition coefficient (Wildman–Crippen LogP) is 11.4. The van der Waals surface area contributed by atoms with E-state index in [2.05, 4.69) is 147 Å². The van der Waals surface area contributed by atoms with E-state index in [4.69, 9.17) is 17.0 Å². The van der Waals surface area contributed by atoms with Crippen LogP contribution in [0.5, 0.6) is 0 Å². The topological polar surface area (TPSA) is 0 Å². The summed E-state index contributed by atoms with van der Waals surface area (Å²) >= 11 is -0.826. The van der Waals surface area contributed by atoms with E-state index in [0.29, 0.717) is 5.92 Å². The molecule has 4 heteroatoms. The number of rotatable bonds is 4. The van der Waals surface area contributed by atoms with Crippen molar-refractivity contribution in [2.24, 2.45) is 0 Å². The van der Waals surface area contributed by atoms with Crippen LogP contribution in [0, 0.1) is 6.07 Å². The molecule has 5 aromatic carbocycles. The quantitative estimate of drug-likeness (QED) is 0.125. The van der Waals surface area contributed by atoms with Crippen molar-refractivity contribution in [3.63, 3.8) is 0 Å². The predicted molar refractivity (Wildman–Crippen MR) is 198 cm³/mol. The Kier molecular flexibility index (Phi) is 12.3. The third kappa shape index (κ3) is 8.75. The number of fused-ring (bicyclic) bond motifs is 4. The van der Waals surface area contributed by atoms with Crippen molar-refractivity contribution in [1.82, 2.24) is 0 Å². The standard InChI is InChI=1S/C29H39.C12H7Si.2ClH.Zr/c1-10-11-20-14-21-12-13-25(19(2)3)27(26(21)15-20)22-16-23(28(4,5)6)18-24(17-22)29(7,8)9;1-3-7-11-9(5-1)10-6-2-4-8-12(10)13-11;;;/h12-19H,10-11H2,1-9H3;1-7H;2*1H;/q2*-1;;;+4/p-2. The van der Waals surface area contributed by atoms with Crippen LogP contribution in [0.4, 0.5) is 0 Å². The molecule has 0 saturated carbocycles. The van der Waals surface area contributed by atoms with Gasteiger partial charge in [0.15, 0.2) is 0 Å². The molecule has 1 aliphatic heterocycles. The van der Waals surface area contributed by atoms with Crippen molar-refractivity contribution < 1.29 is 20.8 Å². The van der Waals surface area contributed by atoms with Crippen LogP contribution < -0.4 is 10.4 Å². The van der Waals surface area contributed by atoms with Crippen LogP contribution in [-0.2, 0) is 38.1 Å². The molecule has 0 saturated heterocycles. The second kappa shape index (κ2) is 15.4. The third-order valence-corrected chi connectivity index (χ3v) is 9.80. The number of halogens is 2. The Bertz CT molecular complexity index is 1660. The summed E-state index contributed by atoms with van der Waals surface area (Å²) in [5.41, 5.74) is 11.6. The minimum atomic E-state index is -0.826. The van der Waals surface area contributed by atoms with E-state index in [1.165, 1.54) is 72.1 Å². The van der Waals surface area contributed by atoms with Crippen molar-refractivity contribution in [3.05, 3.63) is 113 Å². The molecule has 1 heterocycles. The smallest absolute Gasteiger partial charge is 0.0920 e. The van der Waals surface area contributed by atoms with Gasteiger partial charge >= 0.3 is 37.9 Å². The maximum atomic E-state index is 4.93. The van der Waals surface area contributed by atoms with Gasteiger partial charge in [-0.15, -0.1) is 40.1 Å². The van der Waals surface area contributed by atoms with Crippen LogP contribution in [0.3, 0.4) is 0 Å². The molecule has 6 rings (SSSR count). The largest absolute Gasteiger partial charge is 0.184 e. The molecule has 0 aromatic heterocycles. The maximum Gasteiger partial charge on any atom is 0.0920 e. The molecule has 0 N–H and O–H groups in total. The summed E-state index contributed by atoms with van der Waals surface area (Å²) < 4.78 is 0. The van der Waals surface area contributed by atoms with Crippen LogP contribution in [0.1, 0.15) is 96.9 Å². The zero-order valence-electron chi connectivity index (χ0n) is 28.3. The Labute approximate surface area is 293 Å². The summed E-state index contributed by atoms with van der Waals surface area (Å²) in [6, 6.07) is 35.0. The second-order valence-corrected chi connectivity index (χ2v) is 19.3. The van der Waals surface area contributed by atoms with Gasteiger partial charge in [0, 0.05) is 0 Å². The monoisotopic (exact) mass is 726 g/mol. The molecule has 0 bridgehead atoms. The Morgan fingerprint density at radius 3 is 2.04 bits per heavy atom. The molecule has 0 aliphatic carbocycles. The van der Waals surface area contributed by atoms with Crippen molar-refractivity contribution >= 4 is 47.7 Å². The van der Waals surface area contributed by atoms with E-state index in [1.54, 1.807) is 0 Å². The van der Waals surface area contributed by atoms with Gasteiger partial charge in [0.25, 0.3) is 0 Å². The first-order chi connectivity index (χ1) is 21.3. The zero-order chi connectivity index (χ0) is 32.9. The molecule has 45 heavy (non-hydrogen) atoms. The molecular weight excluding hydrogens is 683 g/mol. The Morgan fingerprint density at radius 1 is 0.822 bits per heavy atom. The molecule has 2 radical (unpaired) electrons. The first-order valence-electron chi connectivity index (χ1n) is 16.0. The van der Waals surface area contributed by atoms with E-state index in [1.807, 2.05) is 6.07 Å². The van der Waals surface area contributed by atoms with Crippen LogP contribution >= 0.6 is 17.0 Å². The number of hydrogen-bond donors (Lipinski definition) is 0. The van der Waals surface area contributed by atoms with Crippen molar-refractivity contribution in [1.29, 1.82) is 0 Å². The normalized spacial score (nSPS) is 12.1. The summed E-state index contributed by atoms with van der Waals surface area (Å²) in [6.45, 7) is 20.8. The minimum Gasteiger partial charge on any atom is -0.184 e. The average Bonchev–Trinajstić information content (AvgIpc) is 3.57. The molecular formula is C41H46Cl2SiZr. The van der Waals surface area contributed by atoms with Gasteiger partial charge in [-0.1, -0.05) is 133 Å². The van der Waals surface area contributed by atoms with Gasteiger partial charge < -0.3 is 0 Å². The van der Waals surface area contributed by atoms with E-state index in [-0.39, 0.29) is 10.8 Å². The molecule has 0 nitrogen and oxygen atoms in total. The summed E-state index contributed by atoms with van der Waals surface area (Å²) in [4.78, 5) is 0. The summed E-state index contributed by atoms with van der Waals surface area (Å²) in [6.07, 6.45) is 2.34. The molecule has 0 spiro atoms. The first kappa shape index (κ1) is 36.0. The Morgan fingerprint density at radius 2 is 1.44 bits per heavy atom. The second-order valence-electron chi connectivity index (χ2n) is 14.3. The van der Waals surface area contributed by atoms with Gasteiger partial charge in [0.2, 0.25) is 0 Å². The van der Waals surface area contributed by atoms with Crippen LogP contribution in [-0.4, -0.2) is 9.52 Å². The van der Waals surface area contributed by atoms with E-state index in [9.17, 15) is 0 Å². The Balaban J connectivity index is 0.000000236. The van der Waals surface area contributed by atoms with E-state index < -0.39 is 20.8 Å². The van der Waals surface area contributed by atoms with E-state index in [0.717, 1.165) is 15.9 Å². The molecule has 0 amide bonds. The van der Waals surface area contributed by atoms with Crippen LogP contribution in [0.15, 0.2) is 84.9 Å². The molecule has 0 fully saturated rings. The van der Waals surface area contributed by atoms with Gasteiger partial charge in [0.05, 0.1) is 9.52 Å². The van der Waals surface area contributed by atoms with Gasteiger partial charge in [-0.3, -0.25) is 0 Å². The fourth-order valence-electron chi connectivity index (χ4n) is 5.96. The summed E-state index contributed by atoms with van der Waals surface area (Å²) in [5, 5.41) is 5.63. The number of hydrogen-bond acceptors (Lipinski definition) is 0. The summed E-state index contributed by atoms with van der Waals surface area (Å²) in [7, 11) is 10.7. The van der Waals surface area contributed by atoms with Crippen LogP contribution in [0.25, 0.3) is 33.0 Å². The van der Waals surface area contributed by atoms with Crippen molar-refractivity contribution in [3.8, 4) is 22.3 Å². The Hall–Kier alpha value is -1.83. The molecule has 1 aliphatic rings. The molecule has 5 aromatic rings. The van der Waals surface area contributed by atoms with Gasteiger partial charge in [-0.2, -0.15) is 35.5 Å². The third-order valence-electron chi connectivity index (χ3n) is 8.43. The fourth-order valence-corrected chi connectivity index (χ4v) is 7.27. The van der Waals surface area contributed by atoms with E-state index >= 15 is 0 Å². The average molecular weight is 729 g/mol. The van der Waals surface area contributed by atoms with Crippen molar-refractivity contribution in [2.75, 3.05) is 0 Å². The SMILES string of the molecule is CCCc1cc2c(-c3cc(C(C)(C)C)cc(C(C)(C)C)c3)c(C(C)C)ccc2[cH-]1.[Cl][Zr+2][Cl].[c-]1cccc2c1[Si]c1ccccc1-2. The minimum absolute atomic E-state index is 0.126. The molecule has 0 unspecified atom stereocenters. The molecule has 0 atom stereocenters. The maximum absolute atomic E-state index is 4.93. The molecule has 232 valence electrons. The fraction of sp³-hybridized carbons (Fsp3) is 0.341. The number of benzene rings is 4. The summed E-state index contributed by atoms with van der Waals surface area (Å²) in [5.74, 6) is 0.496. The van der Waals surface area contributed by atoms with Gasteiger partial charge in [0.1, 0.15) is 0 Å². The first-order valence-corrected chi connectivity index (χ1v) is 23.3. The van der Waals surface area contributed by atoms with Gasteiger partial charge in [-0.25, -0.2) is 0 Å². The number of aryl methyl sites for hydroxylation is 1. The van der Waals surface area contributed by atoms with Gasteiger partial charge in [-0.05, 0) is 39.9 Å².